The van der Waals surface area contributed by atoms with Gasteiger partial charge in [-0.3, -0.25) is 11.3 Å². The average molecular weight is 222 g/mol. The van der Waals surface area contributed by atoms with Crippen molar-refractivity contribution in [3.8, 4) is 5.75 Å². The summed E-state index contributed by atoms with van der Waals surface area (Å²) in [6, 6.07) is 6.36. The molecule has 1 aromatic carbocycles. The summed E-state index contributed by atoms with van der Waals surface area (Å²) in [5.41, 5.74) is 5.19. The van der Waals surface area contributed by atoms with Gasteiger partial charge in [-0.05, 0) is 30.9 Å². The van der Waals surface area contributed by atoms with Gasteiger partial charge in [0.05, 0.1) is 7.11 Å². The van der Waals surface area contributed by atoms with Crippen molar-refractivity contribution < 1.29 is 4.74 Å². The van der Waals surface area contributed by atoms with E-state index in [1.807, 2.05) is 6.07 Å². The van der Waals surface area contributed by atoms with E-state index in [0.717, 1.165) is 17.7 Å². The summed E-state index contributed by atoms with van der Waals surface area (Å²) in [7, 11) is 1.70. The Labute approximate surface area is 98.0 Å². The number of rotatable bonds is 5. The van der Waals surface area contributed by atoms with Crippen molar-refractivity contribution in [2.45, 2.75) is 33.2 Å². The van der Waals surface area contributed by atoms with Crippen molar-refractivity contribution in [3.63, 3.8) is 0 Å². The fourth-order valence-electron chi connectivity index (χ4n) is 1.86. The minimum atomic E-state index is 0.149. The van der Waals surface area contributed by atoms with Crippen LogP contribution in [-0.4, -0.2) is 7.11 Å². The van der Waals surface area contributed by atoms with Gasteiger partial charge in [0.15, 0.2) is 0 Å². The number of nitrogens with two attached hydrogens (primary N) is 1. The van der Waals surface area contributed by atoms with E-state index in [1.165, 1.54) is 5.56 Å². The Hall–Kier alpha value is -1.06. The summed E-state index contributed by atoms with van der Waals surface area (Å²) < 4.78 is 5.39. The molecule has 3 N–H and O–H groups in total. The van der Waals surface area contributed by atoms with E-state index in [1.54, 1.807) is 7.11 Å². The standard InChI is InChI=1S/C13H22N2O/c1-9(2)7-12(15-14)11-6-5-10(3)8-13(11)16-4/h5-6,8-9,12,15H,7,14H2,1-4H3. The van der Waals surface area contributed by atoms with E-state index in [4.69, 9.17) is 10.6 Å². The molecule has 16 heavy (non-hydrogen) atoms. The van der Waals surface area contributed by atoms with E-state index in [0.29, 0.717) is 5.92 Å². The highest BCUT2D eigenvalue weighted by Gasteiger charge is 2.15. The van der Waals surface area contributed by atoms with Crippen molar-refractivity contribution in [1.29, 1.82) is 0 Å². The largest absolute Gasteiger partial charge is 0.496 e. The van der Waals surface area contributed by atoms with Crippen LogP contribution in [0.1, 0.15) is 37.4 Å². The first-order valence-corrected chi connectivity index (χ1v) is 5.69. The third-order valence-corrected chi connectivity index (χ3v) is 2.67. The van der Waals surface area contributed by atoms with Crippen LogP contribution in [0.5, 0.6) is 5.75 Å². The van der Waals surface area contributed by atoms with Gasteiger partial charge in [0, 0.05) is 11.6 Å². The molecule has 0 spiro atoms. The monoisotopic (exact) mass is 222 g/mol. The van der Waals surface area contributed by atoms with Crippen LogP contribution in [0.3, 0.4) is 0 Å². The second kappa shape index (κ2) is 5.87. The smallest absolute Gasteiger partial charge is 0.123 e. The molecule has 0 saturated heterocycles. The quantitative estimate of drug-likeness (QED) is 0.594. The highest BCUT2D eigenvalue weighted by atomic mass is 16.5. The van der Waals surface area contributed by atoms with Gasteiger partial charge in [-0.25, -0.2) is 0 Å². The van der Waals surface area contributed by atoms with Crippen LogP contribution < -0.4 is 16.0 Å². The molecular formula is C13H22N2O. The molecule has 0 aliphatic heterocycles. The molecule has 0 amide bonds. The predicted molar refractivity (Wildman–Crippen MR) is 67.3 cm³/mol. The Morgan fingerprint density at radius 3 is 2.56 bits per heavy atom. The Bertz CT molecular complexity index is 337. The zero-order chi connectivity index (χ0) is 12.1. The lowest BCUT2D eigenvalue weighted by molar-refractivity contribution is 0.383. The first-order chi connectivity index (χ1) is 7.58. The molecule has 0 aliphatic rings. The Morgan fingerprint density at radius 2 is 2.06 bits per heavy atom. The lowest BCUT2D eigenvalue weighted by atomic mass is 9.96. The summed E-state index contributed by atoms with van der Waals surface area (Å²) >= 11 is 0. The topological polar surface area (TPSA) is 47.3 Å². The van der Waals surface area contributed by atoms with E-state index in [9.17, 15) is 0 Å². The minimum absolute atomic E-state index is 0.149. The van der Waals surface area contributed by atoms with Crippen molar-refractivity contribution in [1.82, 2.24) is 5.43 Å². The fraction of sp³-hybridized carbons (Fsp3) is 0.538. The molecule has 0 radical (unpaired) electrons. The van der Waals surface area contributed by atoms with Crippen LogP contribution in [0.4, 0.5) is 0 Å². The van der Waals surface area contributed by atoms with E-state index >= 15 is 0 Å². The van der Waals surface area contributed by atoms with Crippen LogP contribution >= 0.6 is 0 Å². The summed E-state index contributed by atoms with van der Waals surface area (Å²) in [6.45, 7) is 6.43. The molecule has 0 aliphatic carbocycles. The van der Waals surface area contributed by atoms with Crippen molar-refractivity contribution in [2.24, 2.45) is 11.8 Å². The van der Waals surface area contributed by atoms with Crippen molar-refractivity contribution in [2.75, 3.05) is 7.11 Å². The first-order valence-electron chi connectivity index (χ1n) is 5.69. The van der Waals surface area contributed by atoms with Crippen LogP contribution in [0, 0.1) is 12.8 Å². The molecule has 0 aromatic heterocycles. The molecule has 0 saturated carbocycles. The highest BCUT2D eigenvalue weighted by Crippen LogP contribution is 2.29. The van der Waals surface area contributed by atoms with Gasteiger partial charge in [-0.15, -0.1) is 0 Å². The zero-order valence-corrected chi connectivity index (χ0v) is 10.6. The molecule has 1 atom stereocenters. The van der Waals surface area contributed by atoms with E-state index < -0.39 is 0 Å². The molecule has 0 fully saturated rings. The second-order valence-electron chi connectivity index (χ2n) is 4.59. The second-order valence-corrected chi connectivity index (χ2v) is 4.59. The van der Waals surface area contributed by atoms with Crippen molar-refractivity contribution >= 4 is 0 Å². The molecule has 3 nitrogen and oxygen atoms in total. The number of benzene rings is 1. The number of hydrogen-bond donors (Lipinski definition) is 2. The summed E-state index contributed by atoms with van der Waals surface area (Å²) in [5.74, 6) is 7.11. The summed E-state index contributed by atoms with van der Waals surface area (Å²) in [6.07, 6.45) is 0.996. The van der Waals surface area contributed by atoms with Crippen LogP contribution in [-0.2, 0) is 0 Å². The number of ether oxygens (including phenoxy) is 1. The molecular weight excluding hydrogens is 200 g/mol. The maximum atomic E-state index is 5.61. The normalized spacial score (nSPS) is 12.9. The third-order valence-electron chi connectivity index (χ3n) is 2.67. The first kappa shape index (κ1) is 13.0. The molecule has 90 valence electrons. The maximum absolute atomic E-state index is 5.61. The van der Waals surface area contributed by atoms with E-state index in [-0.39, 0.29) is 6.04 Å². The molecule has 0 bridgehead atoms. The summed E-state index contributed by atoms with van der Waals surface area (Å²) in [5, 5.41) is 0. The number of hydrazine groups is 1. The van der Waals surface area contributed by atoms with Gasteiger partial charge in [0.1, 0.15) is 5.75 Å². The Balaban J connectivity index is 2.99. The van der Waals surface area contributed by atoms with Gasteiger partial charge in [-0.1, -0.05) is 26.0 Å². The summed E-state index contributed by atoms with van der Waals surface area (Å²) in [4.78, 5) is 0. The van der Waals surface area contributed by atoms with Gasteiger partial charge in [0.2, 0.25) is 0 Å². The van der Waals surface area contributed by atoms with Gasteiger partial charge >= 0.3 is 0 Å². The Kier molecular flexibility index (Phi) is 4.77. The SMILES string of the molecule is COc1cc(C)ccc1C(CC(C)C)NN. The van der Waals surface area contributed by atoms with Crippen LogP contribution in [0.2, 0.25) is 0 Å². The van der Waals surface area contributed by atoms with Crippen LogP contribution in [0.25, 0.3) is 0 Å². The highest BCUT2D eigenvalue weighted by molar-refractivity contribution is 5.39. The number of nitrogens with one attached hydrogen (secondary N) is 1. The predicted octanol–water partition coefficient (Wildman–Crippen LogP) is 2.55. The average Bonchev–Trinajstić information content (AvgIpc) is 2.25. The Morgan fingerprint density at radius 1 is 1.38 bits per heavy atom. The third kappa shape index (κ3) is 3.22. The minimum Gasteiger partial charge on any atom is -0.496 e. The maximum Gasteiger partial charge on any atom is 0.123 e. The molecule has 3 heteroatoms. The fourth-order valence-corrected chi connectivity index (χ4v) is 1.86. The number of hydrogen-bond acceptors (Lipinski definition) is 3. The lowest BCUT2D eigenvalue weighted by Gasteiger charge is -2.21. The number of aryl methyl sites for hydroxylation is 1. The molecule has 1 unspecified atom stereocenters. The zero-order valence-electron chi connectivity index (χ0n) is 10.6. The van der Waals surface area contributed by atoms with Gasteiger partial charge in [-0.2, -0.15) is 0 Å². The van der Waals surface area contributed by atoms with Gasteiger partial charge < -0.3 is 4.74 Å². The lowest BCUT2D eigenvalue weighted by Crippen LogP contribution is -2.29. The number of methoxy groups -OCH3 is 1. The molecule has 1 rings (SSSR count). The van der Waals surface area contributed by atoms with Gasteiger partial charge in [0.25, 0.3) is 0 Å². The van der Waals surface area contributed by atoms with Crippen molar-refractivity contribution in [3.05, 3.63) is 29.3 Å². The van der Waals surface area contributed by atoms with E-state index in [2.05, 4.69) is 38.3 Å². The molecule has 0 heterocycles. The van der Waals surface area contributed by atoms with Crippen LogP contribution in [0.15, 0.2) is 18.2 Å². The molecule has 1 aromatic rings.